The summed E-state index contributed by atoms with van der Waals surface area (Å²) in [7, 11) is 0.752. The lowest BCUT2D eigenvalue weighted by Gasteiger charge is -2.15. The van der Waals surface area contributed by atoms with Crippen molar-refractivity contribution >= 4 is 8.35 Å². The van der Waals surface area contributed by atoms with Crippen LogP contribution in [0, 0.1) is 6.92 Å². The number of hydrogen-bond donors (Lipinski definition) is 0. The molecule has 0 spiro atoms. The molecule has 1 unspecified atom stereocenters. The van der Waals surface area contributed by atoms with Crippen LogP contribution >= 0.6 is 8.35 Å². The number of nitrogens with zero attached hydrogens (tertiary/aromatic N) is 1. The molecule has 0 N–H and O–H groups in total. The lowest BCUT2D eigenvalue weighted by atomic mass is 9.94. The van der Waals surface area contributed by atoms with Crippen molar-refractivity contribution in [1.82, 2.24) is 4.75 Å². The van der Waals surface area contributed by atoms with Gasteiger partial charge in [0.2, 0.25) is 0 Å². The van der Waals surface area contributed by atoms with Crippen molar-refractivity contribution in [2.24, 2.45) is 0 Å². The molecule has 1 aromatic heterocycles. The van der Waals surface area contributed by atoms with E-state index in [4.69, 9.17) is 0 Å². The van der Waals surface area contributed by atoms with E-state index in [0.29, 0.717) is 0 Å². The second-order valence-corrected chi connectivity index (χ2v) is 5.88. The molecule has 0 amide bonds. The zero-order valence-corrected chi connectivity index (χ0v) is 10.8. The Kier molecular flexibility index (Phi) is 4.26. The Hall–Kier alpha value is -0.290. The zero-order chi connectivity index (χ0) is 10.5. The summed E-state index contributed by atoms with van der Waals surface area (Å²) < 4.78 is 4.43. The lowest BCUT2D eigenvalue weighted by molar-refractivity contribution is 0.545. The molecule has 1 fully saturated rings. The molecule has 0 aromatic carbocycles. The van der Waals surface area contributed by atoms with Gasteiger partial charge in [-0.25, -0.2) is 4.75 Å². The minimum atomic E-state index is 0.752. The van der Waals surface area contributed by atoms with Gasteiger partial charge in [0.1, 0.15) is 0 Å². The molecule has 2 heteroatoms. The van der Waals surface area contributed by atoms with Crippen molar-refractivity contribution in [3.8, 4) is 0 Å². The van der Waals surface area contributed by atoms with E-state index in [-0.39, 0.29) is 0 Å². The van der Waals surface area contributed by atoms with E-state index in [9.17, 15) is 0 Å². The minimum Gasteiger partial charge on any atom is -0.248 e. The van der Waals surface area contributed by atoms with Crippen LogP contribution in [0.5, 0.6) is 0 Å². The summed E-state index contributed by atoms with van der Waals surface area (Å²) in [5.41, 5.74) is 1.47. The molecule has 2 rings (SSSR count). The molecule has 0 radical (unpaired) electrons. The van der Waals surface area contributed by atoms with Gasteiger partial charge in [-0.1, -0.05) is 38.5 Å². The fourth-order valence-electron chi connectivity index (χ4n) is 2.69. The molecule has 1 saturated carbocycles. The summed E-state index contributed by atoms with van der Waals surface area (Å²) in [6.45, 7) is 2.24. The predicted molar refractivity (Wildman–Crippen MR) is 68.2 cm³/mol. The van der Waals surface area contributed by atoms with Crippen molar-refractivity contribution in [2.75, 3.05) is 0 Å². The third-order valence-electron chi connectivity index (χ3n) is 3.63. The summed E-state index contributed by atoms with van der Waals surface area (Å²) >= 11 is 0. The number of aryl methyl sites for hydroxylation is 1. The van der Waals surface area contributed by atoms with Gasteiger partial charge >= 0.3 is 0 Å². The maximum Gasteiger partial charge on any atom is 0.0342 e. The smallest absolute Gasteiger partial charge is 0.0342 e. The molecule has 1 aliphatic carbocycles. The quantitative estimate of drug-likeness (QED) is 0.676. The topological polar surface area (TPSA) is 12.9 Å². The van der Waals surface area contributed by atoms with Crippen LogP contribution in [0.1, 0.15) is 68.1 Å². The maximum atomic E-state index is 4.43. The Bertz CT molecular complexity index is 282. The van der Waals surface area contributed by atoms with Gasteiger partial charge in [0.25, 0.3) is 0 Å². The first-order valence-electron chi connectivity index (χ1n) is 6.38. The van der Waals surface area contributed by atoms with Gasteiger partial charge in [0.05, 0.1) is 0 Å². The molecule has 1 heterocycles. The highest BCUT2D eigenvalue weighted by Gasteiger charge is 2.15. The molecule has 84 valence electrons. The van der Waals surface area contributed by atoms with Crippen molar-refractivity contribution in [3.05, 3.63) is 17.1 Å². The first kappa shape index (κ1) is 11.2. The van der Waals surface area contributed by atoms with E-state index < -0.39 is 0 Å². The highest BCUT2D eigenvalue weighted by molar-refractivity contribution is 7.26. The minimum absolute atomic E-state index is 0.752. The Morgan fingerprint density at radius 3 is 2.20 bits per heavy atom. The summed E-state index contributed by atoms with van der Waals surface area (Å²) in [4.78, 5) is 0. The molecule has 1 aliphatic rings. The molecule has 0 bridgehead atoms. The van der Waals surface area contributed by atoms with Crippen LogP contribution in [0.25, 0.3) is 0 Å². The standard InChI is InChI=1S/C13H22NP/c1-11-10-14-15-13(11)12-8-6-4-2-3-5-7-9-12/h10,12,15H,2-9H2,1H3. The predicted octanol–water partition coefficient (Wildman–Crippen LogP) is 4.64. The van der Waals surface area contributed by atoms with Crippen LogP contribution in [-0.4, -0.2) is 4.75 Å². The third kappa shape index (κ3) is 3.08. The van der Waals surface area contributed by atoms with E-state index in [0.717, 1.165) is 14.3 Å². The monoisotopic (exact) mass is 223 g/mol. The van der Waals surface area contributed by atoms with Gasteiger partial charge in [-0.05, 0) is 44.9 Å². The Morgan fingerprint density at radius 2 is 1.67 bits per heavy atom. The number of aromatic nitrogens is 1. The molecule has 15 heavy (non-hydrogen) atoms. The van der Waals surface area contributed by atoms with Crippen LogP contribution in [0.15, 0.2) is 6.20 Å². The Labute approximate surface area is 94.8 Å². The molecule has 0 aliphatic heterocycles. The van der Waals surface area contributed by atoms with E-state index in [1.807, 2.05) is 0 Å². The summed E-state index contributed by atoms with van der Waals surface area (Å²) in [6, 6.07) is 0. The lowest BCUT2D eigenvalue weighted by Crippen LogP contribution is -1.97. The Balaban J connectivity index is 2.02. The normalized spacial score (nSPS) is 21.1. The van der Waals surface area contributed by atoms with Gasteiger partial charge < -0.3 is 0 Å². The third-order valence-corrected chi connectivity index (χ3v) is 4.93. The number of rotatable bonds is 1. The zero-order valence-electron chi connectivity index (χ0n) is 9.76. The van der Waals surface area contributed by atoms with Crippen LogP contribution in [0.2, 0.25) is 0 Å². The van der Waals surface area contributed by atoms with Gasteiger partial charge in [-0.2, -0.15) is 0 Å². The average Bonchev–Trinajstić information content (AvgIpc) is 2.68. The van der Waals surface area contributed by atoms with E-state index in [1.54, 1.807) is 5.30 Å². The van der Waals surface area contributed by atoms with Gasteiger partial charge in [0, 0.05) is 6.20 Å². The molecule has 1 aromatic rings. The second kappa shape index (κ2) is 5.70. The molecular formula is C13H22NP. The van der Waals surface area contributed by atoms with E-state index >= 15 is 0 Å². The van der Waals surface area contributed by atoms with Crippen LogP contribution in [0.3, 0.4) is 0 Å². The first-order chi connectivity index (χ1) is 7.38. The maximum absolute atomic E-state index is 4.43. The average molecular weight is 223 g/mol. The largest absolute Gasteiger partial charge is 0.248 e. The molecule has 0 saturated heterocycles. The van der Waals surface area contributed by atoms with Gasteiger partial charge in [-0.15, -0.1) is 0 Å². The SMILES string of the molecule is Cc1cn[pH]c1C1CCCCCCCC1. The second-order valence-electron chi connectivity index (χ2n) is 4.86. The van der Waals surface area contributed by atoms with E-state index in [1.165, 1.54) is 56.9 Å². The highest BCUT2D eigenvalue weighted by atomic mass is 31.0. The van der Waals surface area contributed by atoms with Crippen LogP contribution < -0.4 is 0 Å². The van der Waals surface area contributed by atoms with E-state index in [2.05, 4.69) is 17.9 Å². The van der Waals surface area contributed by atoms with Crippen molar-refractivity contribution in [3.63, 3.8) is 0 Å². The van der Waals surface area contributed by atoms with Gasteiger partial charge in [0.15, 0.2) is 0 Å². The first-order valence-corrected chi connectivity index (χ1v) is 7.32. The molecule has 1 atom stereocenters. The highest BCUT2D eigenvalue weighted by Crippen LogP contribution is 2.35. The summed E-state index contributed by atoms with van der Waals surface area (Å²) in [5, 5.41) is 1.68. The summed E-state index contributed by atoms with van der Waals surface area (Å²) in [6.07, 6.45) is 13.6. The van der Waals surface area contributed by atoms with Gasteiger partial charge in [-0.3, -0.25) is 0 Å². The molecule has 1 nitrogen and oxygen atoms in total. The fourth-order valence-corrected chi connectivity index (χ4v) is 3.80. The van der Waals surface area contributed by atoms with Crippen LogP contribution in [0.4, 0.5) is 0 Å². The van der Waals surface area contributed by atoms with Crippen LogP contribution in [-0.2, 0) is 0 Å². The number of hydrogen-bond acceptors (Lipinski definition) is 1. The van der Waals surface area contributed by atoms with Crippen molar-refractivity contribution < 1.29 is 0 Å². The fraction of sp³-hybridized carbons (Fsp3) is 0.769. The van der Waals surface area contributed by atoms with Crippen molar-refractivity contribution in [2.45, 2.75) is 64.2 Å². The molecular weight excluding hydrogens is 201 g/mol. The van der Waals surface area contributed by atoms with Crippen molar-refractivity contribution in [1.29, 1.82) is 0 Å². The Morgan fingerprint density at radius 1 is 1.07 bits per heavy atom. The summed E-state index contributed by atoms with van der Waals surface area (Å²) in [5.74, 6) is 0.865.